The van der Waals surface area contributed by atoms with Crippen LogP contribution in [-0.2, 0) is 0 Å². The van der Waals surface area contributed by atoms with Crippen molar-refractivity contribution in [3.63, 3.8) is 0 Å². The summed E-state index contributed by atoms with van der Waals surface area (Å²) in [5, 5.41) is 4.01. The number of benzene rings is 3. The fourth-order valence-electron chi connectivity index (χ4n) is 2.25. The molecule has 118 valence electrons. The smallest absolute Gasteiger partial charge is 0.267 e. The van der Waals surface area contributed by atoms with Gasteiger partial charge in [-0.15, -0.1) is 0 Å². The van der Waals surface area contributed by atoms with E-state index in [9.17, 15) is 4.79 Å². The molecule has 0 radical (unpaired) electrons. The summed E-state index contributed by atoms with van der Waals surface area (Å²) in [5.41, 5.74) is 6.32. The first-order chi connectivity index (χ1) is 11.7. The number of amides is 1. The Hall–Kier alpha value is -2.72. The number of hydrogen-bond acceptors (Lipinski definition) is 2. The van der Waals surface area contributed by atoms with Crippen LogP contribution in [0.2, 0.25) is 0 Å². The topological polar surface area (TPSA) is 41.5 Å². The van der Waals surface area contributed by atoms with Crippen LogP contribution in [0.25, 0.3) is 11.1 Å². The fourth-order valence-corrected chi connectivity index (χ4v) is 2.65. The van der Waals surface area contributed by atoms with Crippen molar-refractivity contribution < 1.29 is 4.79 Å². The van der Waals surface area contributed by atoms with Gasteiger partial charge in [-0.05, 0) is 34.9 Å². The standard InChI is InChI=1S/C20H15BrN2O/c21-19-8-4-7-18(13-19)20(24)23-22-14-15-9-11-17(12-10-15)16-5-2-1-3-6-16/h1-14H,(H,23,24)/b22-14+. The molecule has 0 fully saturated rings. The van der Waals surface area contributed by atoms with Gasteiger partial charge in [-0.2, -0.15) is 5.10 Å². The highest BCUT2D eigenvalue weighted by molar-refractivity contribution is 9.10. The van der Waals surface area contributed by atoms with Gasteiger partial charge in [0.05, 0.1) is 6.21 Å². The minimum atomic E-state index is -0.242. The summed E-state index contributed by atoms with van der Waals surface area (Å²) in [7, 11) is 0. The number of carbonyl (C=O) groups is 1. The number of hydrogen-bond donors (Lipinski definition) is 1. The Labute approximate surface area is 149 Å². The first kappa shape index (κ1) is 16.1. The van der Waals surface area contributed by atoms with Crippen LogP contribution in [0.4, 0.5) is 0 Å². The third kappa shape index (κ3) is 4.18. The summed E-state index contributed by atoms with van der Waals surface area (Å²) in [4.78, 5) is 12.0. The van der Waals surface area contributed by atoms with E-state index in [1.807, 2.05) is 54.6 Å². The molecule has 24 heavy (non-hydrogen) atoms. The monoisotopic (exact) mass is 378 g/mol. The van der Waals surface area contributed by atoms with Crippen LogP contribution in [-0.4, -0.2) is 12.1 Å². The van der Waals surface area contributed by atoms with Gasteiger partial charge in [-0.1, -0.05) is 76.6 Å². The normalized spacial score (nSPS) is 10.7. The Balaban J connectivity index is 1.64. The number of carbonyl (C=O) groups excluding carboxylic acids is 1. The molecule has 0 unspecified atom stereocenters. The molecular formula is C20H15BrN2O. The zero-order chi connectivity index (χ0) is 16.8. The van der Waals surface area contributed by atoms with E-state index in [2.05, 4.69) is 38.6 Å². The van der Waals surface area contributed by atoms with Gasteiger partial charge in [0.15, 0.2) is 0 Å². The van der Waals surface area contributed by atoms with E-state index in [0.717, 1.165) is 15.6 Å². The van der Waals surface area contributed by atoms with Crippen LogP contribution < -0.4 is 5.43 Å². The summed E-state index contributed by atoms with van der Waals surface area (Å²) in [6.45, 7) is 0. The number of rotatable bonds is 4. The molecule has 0 bridgehead atoms. The number of nitrogens with one attached hydrogen (secondary N) is 1. The summed E-state index contributed by atoms with van der Waals surface area (Å²) >= 11 is 3.34. The summed E-state index contributed by atoms with van der Waals surface area (Å²) < 4.78 is 0.857. The third-order valence-corrected chi connectivity index (χ3v) is 3.98. The lowest BCUT2D eigenvalue weighted by atomic mass is 10.0. The molecule has 3 nitrogen and oxygen atoms in total. The van der Waals surface area contributed by atoms with E-state index < -0.39 is 0 Å². The first-order valence-electron chi connectivity index (χ1n) is 7.47. The maximum atomic E-state index is 12.0. The average Bonchev–Trinajstić information content (AvgIpc) is 2.63. The summed E-state index contributed by atoms with van der Waals surface area (Å²) in [5.74, 6) is -0.242. The van der Waals surface area contributed by atoms with Crippen molar-refractivity contribution in [1.29, 1.82) is 0 Å². The fraction of sp³-hybridized carbons (Fsp3) is 0. The molecule has 0 aliphatic carbocycles. The van der Waals surface area contributed by atoms with Crippen molar-refractivity contribution in [1.82, 2.24) is 5.43 Å². The minimum absolute atomic E-state index is 0.242. The molecule has 0 aromatic heterocycles. The molecule has 1 amide bonds. The van der Waals surface area contributed by atoms with Gasteiger partial charge in [0.1, 0.15) is 0 Å². The van der Waals surface area contributed by atoms with Gasteiger partial charge in [-0.3, -0.25) is 4.79 Å². The van der Waals surface area contributed by atoms with Crippen LogP contribution in [0.5, 0.6) is 0 Å². The molecule has 0 spiro atoms. The van der Waals surface area contributed by atoms with Crippen LogP contribution in [0.3, 0.4) is 0 Å². The highest BCUT2D eigenvalue weighted by atomic mass is 79.9. The van der Waals surface area contributed by atoms with Crippen LogP contribution in [0.1, 0.15) is 15.9 Å². The largest absolute Gasteiger partial charge is 0.271 e. The molecular weight excluding hydrogens is 364 g/mol. The van der Waals surface area contributed by atoms with E-state index in [1.165, 1.54) is 5.56 Å². The van der Waals surface area contributed by atoms with E-state index in [4.69, 9.17) is 0 Å². The Morgan fingerprint density at radius 2 is 1.58 bits per heavy atom. The lowest BCUT2D eigenvalue weighted by Crippen LogP contribution is -2.17. The molecule has 4 heteroatoms. The predicted molar refractivity (Wildman–Crippen MR) is 101 cm³/mol. The molecule has 3 aromatic rings. The van der Waals surface area contributed by atoms with Gasteiger partial charge in [0.2, 0.25) is 0 Å². The molecule has 0 heterocycles. The van der Waals surface area contributed by atoms with E-state index in [0.29, 0.717) is 5.56 Å². The second-order valence-corrected chi connectivity index (χ2v) is 6.11. The average molecular weight is 379 g/mol. The van der Waals surface area contributed by atoms with Gasteiger partial charge in [0, 0.05) is 10.0 Å². The highest BCUT2D eigenvalue weighted by Crippen LogP contribution is 2.18. The van der Waals surface area contributed by atoms with Crippen molar-refractivity contribution in [3.05, 3.63) is 94.5 Å². The van der Waals surface area contributed by atoms with Crippen LogP contribution in [0.15, 0.2) is 88.4 Å². The zero-order valence-corrected chi connectivity index (χ0v) is 14.4. The molecule has 3 rings (SSSR count). The molecule has 1 N–H and O–H groups in total. The van der Waals surface area contributed by atoms with Crippen LogP contribution in [0, 0.1) is 0 Å². The number of hydrazone groups is 1. The molecule has 0 aliphatic rings. The van der Waals surface area contributed by atoms with E-state index >= 15 is 0 Å². The molecule has 0 saturated heterocycles. The Bertz CT molecular complexity index is 858. The second-order valence-electron chi connectivity index (χ2n) is 5.20. The van der Waals surface area contributed by atoms with Crippen molar-refractivity contribution in [3.8, 4) is 11.1 Å². The Morgan fingerprint density at radius 1 is 0.875 bits per heavy atom. The minimum Gasteiger partial charge on any atom is -0.267 e. The number of halogens is 1. The maximum Gasteiger partial charge on any atom is 0.271 e. The Morgan fingerprint density at radius 3 is 2.29 bits per heavy atom. The quantitative estimate of drug-likeness (QED) is 0.510. The highest BCUT2D eigenvalue weighted by Gasteiger charge is 2.03. The lowest BCUT2D eigenvalue weighted by molar-refractivity contribution is 0.0955. The zero-order valence-electron chi connectivity index (χ0n) is 12.8. The summed E-state index contributed by atoms with van der Waals surface area (Å²) in [6, 6.07) is 25.3. The van der Waals surface area contributed by atoms with Crippen molar-refractivity contribution in [2.24, 2.45) is 5.10 Å². The third-order valence-electron chi connectivity index (χ3n) is 3.48. The molecule has 0 atom stereocenters. The number of nitrogens with zero attached hydrogens (tertiary/aromatic N) is 1. The van der Waals surface area contributed by atoms with Gasteiger partial charge < -0.3 is 0 Å². The molecule has 0 saturated carbocycles. The SMILES string of the molecule is O=C(N/N=C/c1ccc(-c2ccccc2)cc1)c1cccc(Br)c1. The lowest BCUT2D eigenvalue weighted by Gasteiger charge is -2.02. The Kier molecular flexibility index (Phi) is 5.18. The predicted octanol–water partition coefficient (Wildman–Crippen LogP) is 4.88. The van der Waals surface area contributed by atoms with E-state index in [-0.39, 0.29) is 5.91 Å². The molecule has 3 aromatic carbocycles. The first-order valence-corrected chi connectivity index (χ1v) is 8.26. The second kappa shape index (κ2) is 7.70. The van der Waals surface area contributed by atoms with Crippen molar-refractivity contribution in [2.75, 3.05) is 0 Å². The van der Waals surface area contributed by atoms with Crippen LogP contribution >= 0.6 is 15.9 Å². The van der Waals surface area contributed by atoms with Crippen molar-refractivity contribution in [2.45, 2.75) is 0 Å². The van der Waals surface area contributed by atoms with E-state index in [1.54, 1.807) is 18.3 Å². The maximum absolute atomic E-state index is 12.0. The van der Waals surface area contributed by atoms with Gasteiger partial charge in [-0.25, -0.2) is 5.43 Å². The molecule has 0 aliphatic heterocycles. The van der Waals surface area contributed by atoms with Gasteiger partial charge in [0.25, 0.3) is 5.91 Å². The summed E-state index contributed by atoms with van der Waals surface area (Å²) in [6.07, 6.45) is 1.63. The van der Waals surface area contributed by atoms with Gasteiger partial charge >= 0.3 is 0 Å². The van der Waals surface area contributed by atoms with Crippen molar-refractivity contribution >= 4 is 28.1 Å².